The predicted molar refractivity (Wildman–Crippen MR) is 176 cm³/mol. The van der Waals surface area contributed by atoms with Gasteiger partial charge in [0.2, 0.25) is 11.7 Å². The Hall–Kier alpha value is -4.55. The van der Waals surface area contributed by atoms with Crippen molar-refractivity contribution in [1.29, 1.82) is 0 Å². The highest BCUT2D eigenvalue weighted by Gasteiger charge is 2.64. The quantitative estimate of drug-likeness (QED) is 0.311. The number of fused-ring (bicyclic) bond motifs is 6. The first-order valence-corrected chi connectivity index (χ1v) is 17.0. The number of pyridine rings is 1. The average molecular weight is 668 g/mol. The molecular formula is C35H34ClN7O5. The molecular weight excluding hydrogens is 634 g/mol. The minimum absolute atomic E-state index is 0.0273. The van der Waals surface area contributed by atoms with Gasteiger partial charge in [0.1, 0.15) is 12.3 Å². The van der Waals surface area contributed by atoms with Crippen LogP contribution < -0.4 is 10.9 Å². The molecule has 0 unspecified atom stereocenters. The van der Waals surface area contributed by atoms with E-state index in [1.807, 2.05) is 28.8 Å². The number of aromatic nitrogens is 5. The fourth-order valence-electron chi connectivity index (χ4n) is 8.32. The third kappa shape index (κ3) is 4.67. The van der Waals surface area contributed by atoms with Crippen LogP contribution in [-0.4, -0.2) is 72.3 Å². The third-order valence-corrected chi connectivity index (χ3v) is 11.2. The number of anilines is 1. The first-order chi connectivity index (χ1) is 23.3. The topological polar surface area (TPSA) is 144 Å². The molecule has 5 aliphatic rings. The smallest absolute Gasteiger partial charge is 0.279 e. The van der Waals surface area contributed by atoms with E-state index in [9.17, 15) is 19.5 Å². The highest BCUT2D eigenvalue weighted by molar-refractivity contribution is 6.33. The van der Waals surface area contributed by atoms with E-state index in [1.54, 1.807) is 11.0 Å². The van der Waals surface area contributed by atoms with Gasteiger partial charge in [0.15, 0.2) is 11.5 Å². The van der Waals surface area contributed by atoms with Gasteiger partial charge < -0.3 is 24.6 Å². The molecule has 3 aliphatic carbocycles. The van der Waals surface area contributed by atoms with Gasteiger partial charge in [-0.05, 0) is 85.8 Å². The van der Waals surface area contributed by atoms with Gasteiger partial charge in [-0.2, -0.15) is 9.50 Å². The molecule has 2 saturated carbocycles. The summed E-state index contributed by atoms with van der Waals surface area (Å²) < 4.78 is 8.74. The van der Waals surface area contributed by atoms with Crippen LogP contribution in [0.2, 0.25) is 5.02 Å². The van der Waals surface area contributed by atoms with Crippen molar-refractivity contribution in [3.8, 4) is 5.75 Å². The summed E-state index contributed by atoms with van der Waals surface area (Å²) in [4.78, 5) is 52.2. The first-order valence-electron chi connectivity index (χ1n) is 16.7. The van der Waals surface area contributed by atoms with E-state index < -0.39 is 5.41 Å². The zero-order chi connectivity index (χ0) is 32.7. The van der Waals surface area contributed by atoms with Gasteiger partial charge in [-0.1, -0.05) is 23.7 Å². The van der Waals surface area contributed by atoms with Crippen molar-refractivity contribution in [2.24, 2.45) is 5.92 Å². The predicted octanol–water partition coefficient (Wildman–Crippen LogP) is 4.26. The number of benzene rings is 1. The molecule has 246 valence electrons. The van der Waals surface area contributed by atoms with E-state index in [0.29, 0.717) is 79.4 Å². The molecule has 2 N–H and O–H groups in total. The molecule has 2 aliphatic heterocycles. The van der Waals surface area contributed by atoms with Gasteiger partial charge in [0, 0.05) is 41.9 Å². The van der Waals surface area contributed by atoms with E-state index in [2.05, 4.69) is 10.3 Å². The number of piperidine rings is 1. The van der Waals surface area contributed by atoms with Crippen LogP contribution in [0, 0.1) is 5.92 Å². The second kappa shape index (κ2) is 11.0. The van der Waals surface area contributed by atoms with E-state index in [0.717, 1.165) is 30.5 Å². The second-order valence-electron chi connectivity index (χ2n) is 13.7. The van der Waals surface area contributed by atoms with Crippen molar-refractivity contribution in [2.45, 2.75) is 62.3 Å². The Labute approximate surface area is 280 Å². The number of nitrogens with one attached hydrogen (secondary N) is 1. The van der Waals surface area contributed by atoms with Crippen LogP contribution in [0.15, 0.2) is 47.4 Å². The first kappa shape index (κ1) is 29.6. The molecule has 0 bridgehead atoms. The second-order valence-corrected chi connectivity index (χ2v) is 14.1. The summed E-state index contributed by atoms with van der Waals surface area (Å²) in [5, 5.41) is 18.5. The fraction of sp³-hybridized carbons (Fsp3) is 0.429. The molecule has 2 atom stereocenters. The highest BCUT2D eigenvalue weighted by Crippen LogP contribution is 2.67. The maximum absolute atomic E-state index is 14.5. The van der Waals surface area contributed by atoms with Crippen LogP contribution in [0.25, 0.3) is 11.4 Å². The van der Waals surface area contributed by atoms with E-state index >= 15 is 0 Å². The van der Waals surface area contributed by atoms with Gasteiger partial charge in [-0.3, -0.25) is 14.4 Å². The van der Waals surface area contributed by atoms with Gasteiger partial charge in [0.25, 0.3) is 11.5 Å². The van der Waals surface area contributed by atoms with Crippen LogP contribution >= 0.6 is 11.6 Å². The normalized spacial score (nSPS) is 22.4. The number of rotatable bonds is 6. The van der Waals surface area contributed by atoms with Gasteiger partial charge in [-0.15, -0.1) is 5.10 Å². The maximum atomic E-state index is 14.5. The summed E-state index contributed by atoms with van der Waals surface area (Å²) >= 11 is 6.60. The van der Waals surface area contributed by atoms with Crippen LogP contribution in [0.3, 0.4) is 0 Å². The van der Waals surface area contributed by atoms with Crippen molar-refractivity contribution in [1.82, 2.24) is 29.0 Å². The molecule has 0 radical (unpaired) electrons. The minimum Gasteiger partial charge on any atom is -0.505 e. The lowest BCUT2D eigenvalue weighted by Crippen LogP contribution is -2.48. The summed E-state index contributed by atoms with van der Waals surface area (Å²) in [6.07, 6.45) is 8.44. The van der Waals surface area contributed by atoms with Crippen LogP contribution in [0.4, 0.5) is 5.69 Å². The molecule has 1 saturated heterocycles. The number of amides is 2. The monoisotopic (exact) mass is 667 g/mol. The Morgan fingerprint density at radius 1 is 1.17 bits per heavy atom. The summed E-state index contributed by atoms with van der Waals surface area (Å²) in [5.74, 6) is 0.932. The lowest BCUT2D eigenvalue weighted by Gasteiger charge is -2.41. The number of nitrogens with zero attached hydrogens (tertiary/aromatic N) is 6. The number of hydrogen-bond donors (Lipinski definition) is 2. The summed E-state index contributed by atoms with van der Waals surface area (Å²) in [7, 11) is 0. The van der Waals surface area contributed by atoms with Gasteiger partial charge in [0.05, 0.1) is 23.9 Å². The van der Waals surface area contributed by atoms with Crippen LogP contribution in [0.1, 0.15) is 83.5 Å². The van der Waals surface area contributed by atoms with E-state index in [4.69, 9.17) is 26.4 Å². The standard InChI is InChI=1S/C35H34ClN7O5/c36-24-16-21(19-3-4-19)5-6-25(24)38-27(45)18-42-30-22-17-23(22)35(9-12-41(13-10-35)33(47)29-26(44)2-1-11-37-29)28(30)32(46)43-34(42)39-31(40-43)20-7-14-48-15-8-20/h1-2,5-7,11,16,19,22-23,44H,3-4,8-10,12-15,17-18H2,(H,38,45)/t22-,23+/m1/s1. The van der Waals surface area contributed by atoms with Gasteiger partial charge >= 0.3 is 0 Å². The molecule has 4 aromatic rings. The summed E-state index contributed by atoms with van der Waals surface area (Å²) in [6, 6.07) is 8.85. The number of carbonyl (C=O) groups excluding carboxylic acids is 2. The third-order valence-electron chi connectivity index (χ3n) is 10.9. The van der Waals surface area contributed by atoms with Crippen molar-refractivity contribution < 1.29 is 19.4 Å². The Morgan fingerprint density at radius 3 is 2.73 bits per heavy atom. The number of carbonyl (C=O) groups is 2. The molecule has 9 rings (SSSR count). The van der Waals surface area contributed by atoms with Crippen LogP contribution in [-0.2, 0) is 21.5 Å². The fourth-order valence-corrected chi connectivity index (χ4v) is 8.56. The maximum Gasteiger partial charge on any atom is 0.279 e. The highest BCUT2D eigenvalue weighted by atomic mass is 35.5. The minimum atomic E-state index is -0.460. The van der Waals surface area contributed by atoms with Crippen molar-refractivity contribution >= 4 is 40.5 Å². The molecule has 3 aromatic heterocycles. The number of aromatic hydroxyl groups is 1. The van der Waals surface area contributed by atoms with Crippen molar-refractivity contribution in [3.05, 3.63) is 86.3 Å². The zero-order valence-electron chi connectivity index (χ0n) is 26.2. The molecule has 1 spiro atoms. The van der Waals surface area contributed by atoms with Crippen molar-refractivity contribution in [3.63, 3.8) is 0 Å². The van der Waals surface area contributed by atoms with Crippen molar-refractivity contribution in [2.75, 3.05) is 31.6 Å². The Morgan fingerprint density at radius 2 is 2.00 bits per heavy atom. The SMILES string of the molecule is O=C(Cn1c2c(c(=O)n3nc(C4=CCOCC4)nc13)C1(CCN(C(=O)c3ncccc3O)CC1)[C@H]1C[C@@H]21)Nc1ccc(C2CC2)cc1Cl. The largest absolute Gasteiger partial charge is 0.505 e. The lowest BCUT2D eigenvalue weighted by atomic mass is 9.71. The number of halogens is 1. The molecule has 2 amide bonds. The number of hydrogen-bond acceptors (Lipinski definition) is 8. The van der Waals surface area contributed by atoms with Crippen LogP contribution in [0.5, 0.6) is 5.75 Å². The zero-order valence-corrected chi connectivity index (χ0v) is 26.9. The molecule has 5 heterocycles. The summed E-state index contributed by atoms with van der Waals surface area (Å²) in [6.45, 7) is 1.77. The Balaban J connectivity index is 1.09. The Bertz CT molecular complexity index is 2110. The number of ether oxygens (including phenoxy) is 1. The Kier molecular flexibility index (Phi) is 6.77. The average Bonchev–Trinajstić information content (AvgIpc) is 4.03. The van der Waals surface area contributed by atoms with E-state index in [1.165, 1.54) is 22.3 Å². The lowest BCUT2D eigenvalue weighted by molar-refractivity contribution is -0.116. The summed E-state index contributed by atoms with van der Waals surface area (Å²) in [5.41, 5.74) is 3.53. The van der Waals surface area contributed by atoms with Gasteiger partial charge in [-0.25, -0.2) is 4.98 Å². The molecule has 1 aromatic carbocycles. The van der Waals surface area contributed by atoms with E-state index in [-0.39, 0.29) is 47.2 Å². The molecule has 12 nitrogen and oxygen atoms in total. The number of likely N-dealkylation sites (tertiary alicyclic amines) is 1. The molecule has 3 fully saturated rings. The molecule has 48 heavy (non-hydrogen) atoms. The molecule has 13 heteroatoms.